The van der Waals surface area contributed by atoms with E-state index in [9.17, 15) is 0 Å². The molecule has 1 unspecified atom stereocenters. The van der Waals surface area contributed by atoms with Crippen molar-refractivity contribution in [3.8, 4) is 18.1 Å². The topological polar surface area (TPSA) is 21.8 Å². The number of hydrogen-bond acceptors (Lipinski definition) is 2. The Morgan fingerprint density at radius 2 is 2.11 bits per heavy atom. The molecule has 0 N–H and O–H groups in total. The lowest BCUT2D eigenvalue weighted by Crippen LogP contribution is -2.01. The van der Waals surface area contributed by atoms with Crippen LogP contribution in [0.2, 0.25) is 0 Å². The van der Waals surface area contributed by atoms with E-state index in [4.69, 9.17) is 15.9 Å². The lowest BCUT2D eigenvalue weighted by Gasteiger charge is -2.12. The van der Waals surface area contributed by atoms with Crippen LogP contribution < -0.4 is 4.74 Å². The molecule has 0 radical (unpaired) electrons. The van der Waals surface area contributed by atoms with E-state index in [0.29, 0.717) is 12.7 Å². The van der Waals surface area contributed by atoms with Gasteiger partial charge in [-0.25, -0.2) is 0 Å². The molecule has 1 aliphatic heterocycles. The van der Waals surface area contributed by atoms with E-state index in [1.54, 1.807) is 0 Å². The third-order valence-electron chi connectivity index (χ3n) is 3.14. The predicted octanol–water partition coefficient (Wildman–Crippen LogP) is 2.79. The molecule has 2 aromatic carbocycles. The molecular formula is C16H14O2. The predicted molar refractivity (Wildman–Crippen MR) is 71.7 cm³/mol. The van der Waals surface area contributed by atoms with E-state index in [0.717, 1.165) is 18.8 Å². The quantitative estimate of drug-likeness (QED) is 0.603. The normalized spacial score (nSPS) is 17.4. The molecule has 1 fully saturated rings. The zero-order chi connectivity index (χ0) is 12.4. The van der Waals surface area contributed by atoms with E-state index in [1.165, 1.54) is 16.3 Å². The van der Waals surface area contributed by atoms with Gasteiger partial charge in [-0.1, -0.05) is 36.3 Å². The Bertz CT molecular complexity index is 606. The van der Waals surface area contributed by atoms with E-state index >= 15 is 0 Å². The maximum absolute atomic E-state index is 5.63. The molecule has 0 aliphatic carbocycles. The van der Waals surface area contributed by atoms with Crippen molar-refractivity contribution in [1.29, 1.82) is 0 Å². The average molecular weight is 238 g/mol. The minimum atomic E-state index is 0.302. The molecule has 0 saturated carbocycles. The molecular weight excluding hydrogens is 224 g/mol. The van der Waals surface area contributed by atoms with Crippen molar-refractivity contribution in [1.82, 2.24) is 0 Å². The summed E-state index contributed by atoms with van der Waals surface area (Å²) in [7, 11) is 0. The zero-order valence-corrected chi connectivity index (χ0v) is 10.1. The van der Waals surface area contributed by atoms with Gasteiger partial charge in [0, 0.05) is 12.0 Å². The van der Waals surface area contributed by atoms with Crippen LogP contribution in [0.3, 0.4) is 0 Å². The lowest BCUT2D eigenvalue weighted by atomic mass is 10.00. The van der Waals surface area contributed by atoms with Gasteiger partial charge >= 0.3 is 0 Å². The molecule has 0 aromatic heterocycles. The fourth-order valence-electron chi connectivity index (χ4n) is 2.19. The Morgan fingerprint density at radius 1 is 1.28 bits per heavy atom. The fourth-order valence-corrected chi connectivity index (χ4v) is 2.19. The molecule has 90 valence electrons. The molecule has 3 rings (SSSR count). The van der Waals surface area contributed by atoms with Crippen molar-refractivity contribution in [2.45, 2.75) is 12.5 Å². The van der Waals surface area contributed by atoms with Gasteiger partial charge in [0.15, 0.2) is 0 Å². The Hall–Kier alpha value is -1.98. The van der Waals surface area contributed by atoms with Crippen molar-refractivity contribution in [3.05, 3.63) is 42.0 Å². The molecule has 1 aliphatic rings. The first-order valence-corrected chi connectivity index (χ1v) is 6.07. The summed E-state index contributed by atoms with van der Waals surface area (Å²) in [4.78, 5) is 0. The molecule has 0 amide bonds. The van der Waals surface area contributed by atoms with Gasteiger partial charge in [0.05, 0.1) is 12.7 Å². The summed E-state index contributed by atoms with van der Waals surface area (Å²) in [5.41, 5.74) is 1.20. The van der Waals surface area contributed by atoms with Crippen molar-refractivity contribution in [2.75, 3.05) is 13.2 Å². The molecule has 1 atom stereocenters. The van der Waals surface area contributed by atoms with Crippen LogP contribution in [-0.4, -0.2) is 19.3 Å². The van der Waals surface area contributed by atoms with Gasteiger partial charge in [0.2, 0.25) is 0 Å². The Morgan fingerprint density at radius 3 is 2.89 bits per heavy atom. The largest absolute Gasteiger partial charge is 0.481 e. The second kappa shape index (κ2) is 4.72. The van der Waals surface area contributed by atoms with Gasteiger partial charge in [-0.3, -0.25) is 0 Å². The zero-order valence-electron chi connectivity index (χ0n) is 10.1. The number of epoxide rings is 1. The number of ether oxygens (including phenoxy) is 2. The van der Waals surface area contributed by atoms with Crippen LogP contribution in [0.15, 0.2) is 36.4 Å². The van der Waals surface area contributed by atoms with Crippen molar-refractivity contribution in [2.24, 2.45) is 0 Å². The standard InChI is InChI=1S/C16H14O2/c1-2-9-17-16-8-7-12-5-3-4-6-14(12)15(16)10-13-11-18-13/h1,3-8,13H,9-11H2. The highest BCUT2D eigenvalue weighted by Crippen LogP contribution is 2.31. The first-order valence-electron chi connectivity index (χ1n) is 6.07. The van der Waals surface area contributed by atoms with Gasteiger partial charge in [-0.05, 0) is 16.8 Å². The number of terminal acetylenes is 1. The Labute approximate surface area is 107 Å². The highest BCUT2D eigenvalue weighted by molar-refractivity contribution is 5.87. The van der Waals surface area contributed by atoms with Crippen LogP contribution >= 0.6 is 0 Å². The maximum atomic E-state index is 5.63. The number of hydrogen-bond donors (Lipinski definition) is 0. The number of benzene rings is 2. The number of rotatable bonds is 4. The minimum Gasteiger partial charge on any atom is -0.481 e. The van der Waals surface area contributed by atoms with Gasteiger partial charge in [-0.15, -0.1) is 6.42 Å². The molecule has 0 spiro atoms. The van der Waals surface area contributed by atoms with Crippen molar-refractivity contribution < 1.29 is 9.47 Å². The third-order valence-corrected chi connectivity index (χ3v) is 3.14. The van der Waals surface area contributed by atoms with E-state index < -0.39 is 0 Å². The SMILES string of the molecule is C#CCOc1ccc2ccccc2c1CC1CO1. The molecule has 1 saturated heterocycles. The van der Waals surface area contributed by atoms with Crippen molar-refractivity contribution >= 4 is 10.8 Å². The Balaban J connectivity index is 2.06. The van der Waals surface area contributed by atoms with Crippen LogP contribution in [0.4, 0.5) is 0 Å². The fraction of sp³-hybridized carbons (Fsp3) is 0.250. The number of fused-ring (bicyclic) bond motifs is 1. The molecule has 2 nitrogen and oxygen atoms in total. The summed E-state index contributed by atoms with van der Waals surface area (Å²) in [6.07, 6.45) is 6.48. The third kappa shape index (κ3) is 2.18. The summed E-state index contributed by atoms with van der Waals surface area (Å²) in [6, 6.07) is 12.4. The van der Waals surface area contributed by atoms with Crippen LogP contribution in [0.5, 0.6) is 5.75 Å². The van der Waals surface area contributed by atoms with Crippen LogP contribution in [0.25, 0.3) is 10.8 Å². The van der Waals surface area contributed by atoms with E-state index in [1.807, 2.05) is 18.2 Å². The summed E-state index contributed by atoms with van der Waals surface area (Å²) >= 11 is 0. The minimum absolute atomic E-state index is 0.302. The van der Waals surface area contributed by atoms with Gasteiger partial charge < -0.3 is 9.47 Å². The van der Waals surface area contributed by atoms with Gasteiger partial charge in [0.25, 0.3) is 0 Å². The Kier molecular flexibility index (Phi) is 2.92. The van der Waals surface area contributed by atoms with E-state index in [-0.39, 0.29) is 0 Å². The smallest absolute Gasteiger partial charge is 0.148 e. The second-order valence-corrected chi connectivity index (χ2v) is 4.42. The van der Waals surface area contributed by atoms with Crippen LogP contribution in [0, 0.1) is 12.3 Å². The van der Waals surface area contributed by atoms with Gasteiger partial charge in [-0.2, -0.15) is 0 Å². The molecule has 18 heavy (non-hydrogen) atoms. The summed E-state index contributed by atoms with van der Waals surface area (Å²) in [5, 5.41) is 2.45. The van der Waals surface area contributed by atoms with Gasteiger partial charge in [0.1, 0.15) is 12.4 Å². The second-order valence-electron chi connectivity index (χ2n) is 4.42. The van der Waals surface area contributed by atoms with Crippen LogP contribution in [-0.2, 0) is 11.2 Å². The monoisotopic (exact) mass is 238 g/mol. The molecule has 2 heteroatoms. The summed E-state index contributed by atoms with van der Waals surface area (Å²) in [6.45, 7) is 1.15. The van der Waals surface area contributed by atoms with Crippen LogP contribution in [0.1, 0.15) is 5.56 Å². The first-order chi connectivity index (χ1) is 8.88. The first kappa shape index (κ1) is 11.1. The molecule has 2 aromatic rings. The lowest BCUT2D eigenvalue weighted by molar-refractivity contribution is 0.361. The van der Waals surface area contributed by atoms with Crippen molar-refractivity contribution in [3.63, 3.8) is 0 Å². The molecule has 1 heterocycles. The highest BCUT2D eigenvalue weighted by Gasteiger charge is 2.25. The summed E-state index contributed by atoms with van der Waals surface area (Å²) in [5.74, 6) is 3.38. The maximum Gasteiger partial charge on any atom is 0.148 e. The van der Waals surface area contributed by atoms with E-state index in [2.05, 4.69) is 24.1 Å². The molecule has 0 bridgehead atoms. The highest BCUT2D eigenvalue weighted by atomic mass is 16.6. The average Bonchev–Trinajstić information content (AvgIpc) is 3.22. The summed E-state index contributed by atoms with van der Waals surface area (Å²) < 4.78 is 11.0.